The zero-order valence-corrected chi connectivity index (χ0v) is 4.57. The third-order valence-electron chi connectivity index (χ3n) is 0.458. The molecule has 0 bridgehead atoms. The van der Waals surface area contributed by atoms with Crippen LogP contribution in [-0.4, -0.2) is 36.9 Å². The van der Waals surface area contributed by atoms with E-state index < -0.39 is 5.97 Å². The van der Waals surface area contributed by atoms with E-state index in [2.05, 4.69) is 0 Å². The van der Waals surface area contributed by atoms with E-state index >= 15 is 0 Å². The average molecular weight is 238 g/mol. The van der Waals surface area contributed by atoms with Crippen molar-refractivity contribution in [3.8, 4) is 0 Å². The van der Waals surface area contributed by atoms with Crippen molar-refractivity contribution in [2.45, 2.75) is 6.92 Å². The summed E-state index contributed by atoms with van der Waals surface area (Å²) in [6, 6.07) is 0. The summed E-state index contributed by atoms with van der Waals surface area (Å²) in [5.74, 6) is -1.08. The van der Waals surface area contributed by atoms with Crippen LogP contribution in [0.15, 0.2) is 11.1 Å². The fourth-order valence-electron chi connectivity index (χ4n) is 0.123. The Balaban J connectivity index is 0. The zero-order valence-electron chi connectivity index (χ0n) is 3.81. The van der Waals surface area contributed by atoms with Gasteiger partial charge in [-0.25, -0.2) is 4.79 Å². The van der Waals surface area contributed by atoms with Gasteiger partial charge in [-0.05, 0) is 6.92 Å². The van der Waals surface area contributed by atoms with Crippen LogP contribution in [0.2, 0.25) is 0 Å². The molecule has 0 amide bonds. The molecule has 8 heavy (non-hydrogen) atoms. The van der Waals surface area contributed by atoms with Gasteiger partial charge in [0.05, 0.1) is 0 Å². The Morgan fingerprint density at radius 2 is 2.12 bits per heavy atom. The first kappa shape index (κ1) is 11.2. The van der Waals surface area contributed by atoms with Crippen LogP contribution in [0.3, 0.4) is 0 Å². The maximum atomic E-state index is 9.73. The van der Waals surface area contributed by atoms with E-state index in [0.29, 0.717) is 0 Å². The molecule has 0 aliphatic carbocycles. The molecule has 0 fully saturated rings. The quantitative estimate of drug-likeness (QED) is 0.655. The number of carboxylic acid groups (broad SMARTS) is 1. The van der Waals surface area contributed by atoms with E-state index in [-0.39, 0.29) is 30.9 Å². The van der Waals surface area contributed by atoms with Gasteiger partial charge in [0, 0.05) is 0 Å². The molecular formula is C4H8ClInO2. The van der Waals surface area contributed by atoms with Gasteiger partial charge in [-0.15, -0.1) is 0 Å². The summed E-state index contributed by atoms with van der Waals surface area (Å²) in [6.07, 6.45) is 1.32. The van der Waals surface area contributed by atoms with Crippen molar-refractivity contribution in [2.75, 3.05) is 0 Å². The Morgan fingerprint density at radius 1 is 1.75 bits per heavy atom. The molecule has 0 atom stereocenters. The molecule has 0 aromatic heterocycles. The first-order valence-corrected chi connectivity index (χ1v) is 2.11. The van der Waals surface area contributed by atoms with Gasteiger partial charge in [-0.3, -0.25) is 0 Å². The van der Waals surface area contributed by atoms with E-state index in [4.69, 9.17) is 16.7 Å². The summed E-state index contributed by atoms with van der Waals surface area (Å²) in [5.41, 5.74) is 0. The monoisotopic (exact) mass is 238 g/mol. The molecule has 0 rings (SSSR count). The molecule has 0 saturated carbocycles. The number of halogens is 1. The Bertz CT molecular complexity index is 111. The number of allylic oxidation sites excluding steroid dienone is 1. The first-order valence-electron chi connectivity index (χ1n) is 1.73. The van der Waals surface area contributed by atoms with Crippen LogP contribution < -0.4 is 0 Å². The number of rotatable bonds is 1. The molecule has 0 aliphatic heterocycles. The predicted molar refractivity (Wildman–Crippen MR) is 37.2 cm³/mol. The number of hydrogen-bond donors (Lipinski definition) is 1. The normalized spacial score (nSPS) is 10.0. The molecule has 0 radical (unpaired) electrons. The topological polar surface area (TPSA) is 37.3 Å². The molecule has 0 aliphatic rings. The van der Waals surface area contributed by atoms with Crippen LogP contribution in [0.5, 0.6) is 0 Å². The predicted octanol–water partition coefficient (Wildman–Crippen LogP) is 0.0297. The number of carboxylic acids is 1. The van der Waals surface area contributed by atoms with Crippen LogP contribution in [-0.2, 0) is 4.79 Å². The van der Waals surface area contributed by atoms with Crippen molar-refractivity contribution in [3.05, 3.63) is 11.1 Å². The maximum absolute atomic E-state index is 9.73. The summed E-state index contributed by atoms with van der Waals surface area (Å²) in [5, 5.41) is 7.84. The van der Waals surface area contributed by atoms with Gasteiger partial charge >= 0.3 is 31.8 Å². The molecule has 0 heterocycles. The fourth-order valence-corrected chi connectivity index (χ4v) is 0.123. The molecule has 0 saturated heterocycles. The number of hydrogen-bond acceptors (Lipinski definition) is 1. The van der Waals surface area contributed by atoms with Crippen LogP contribution in [0.25, 0.3) is 0 Å². The zero-order chi connectivity index (χ0) is 5.86. The summed E-state index contributed by atoms with van der Waals surface area (Å²) >= 11 is 5.06. The van der Waals surface area contributed by atoms with Crippen molar-refractivity contribution in [2.24, 2.45) is 0 Å². The Kier molecular flexibility index (Phi) is 7.71. The van der Waals surface area contributed by atoms with Crippen LogP contribution in [0, 0.1) is 0 Å². The number of aliphatic carboxylic acids is 1. The molecule has 0 aromatic carbocycles. The standard InChI is InChI=1S/C4H5ClO2.In.3H/c1-2-3(5)4(6)7;;;;/h2H,1H3,(H,6,7);;;;/b3-2-;;;;. The molecular weight excluding hydrogens is 230 g/mol. The van der Waals surface area contributed by atoms with Crippen LogP contribution in [0.1, 0.15) is 6.92 Å². The van der Waals surface area contributed by atoms with Crippen LogP contribution >= 0.6 is 11.6 Å². The van der Waals surface area contributed by atoms with Crippen molar-refractivity contribution < 1.29 is 9.90 Å². The molecule has 46 valence electrons. The van der Waals surface area contributed by atoms with Crippen molar-refractivity contribution in [1.29, 1.82) is 0 Å². The van der Waals surface area contributed by atoms with Crippen molar-refractivity contribution >= 4 is 43.4 Å². The van der Waals surface area contributed by atoms with E-state index in [0.717, 1.165) is 0 Å². The molecule has 0 spiro atoms. The van der Waals surface area contributed by atoms with Crippen molar-refractivity contribution in [3.63, 3.8) is 0 Å². The van der Waals surface area contributed by atoms with Crippen LogP contribution in [0.4, 0.5) is 0 Å². The van der Waals surface area contributed by atoms with Gasteiger partial charge in [0.25, 0.3) is 0 Å². The van der Waals surface area contributed by atoms with Gasteiger partial charge in [-0.1, -0.05) is 17.7 Å². The van der Waals surface area contributed by atoms with E-state index in [9.17, 15) is 4.79 Å². The minimum absolute atomic E-state index is 0. The second kappa shape index (κ2) is 5.51. The number of carbonyl (C=O) groups is 1. The molecule has 1 N–H and O–H groups in total. The summed E-state index contributed by atoms with van der Waals surface area (Å²) in [7, 11) is 0. The van der Waals surface area contributed by atoms with Gasteiger partial charge in [0.2, 0.25) is 0 Å². The van der Waals surface area contributed by atoms with E-state index in [1.807, 2.05) is 0 Å². The molecule has 4 heteroatoms. The molecule has 0 unspecified atom stereocenters. The van der Waals surface area contributed by atoms with Gasteiger partial charge in [-0.2, -0.15) is 0 Å². The third-order valence-corrected chi connectivity index (χ3v) is 0.838. The summed E-state index contributed by atoms with van der Waals surface area (Å²) in [4.78, 5) is 9.73. The van der Waals surface area contributed by atoms with E-state index in [1.54, 1.807) is 6.92 Å². The summed E-state index contributed by atoms with van der Waals surface area (Å²) in [6.45, 7) is 1.57. The fraction of sp³-hybridized carbons (Fsp3) is 0.250. The Labute approximate surface area is 71.3 Å². The SMILES string of the molecule is C/C=C(\Cl)C(=O)O.[InH3]. The Hall–Kier alpha value is 0.370. The molecule has 0 aromatic rings. The second-order valence-electron chi connectivity index (χ2n) is 0.942. The Morgan fingerprint density at radius 3 is 2.12 bits per heavy atom. The van der Waals surface area contributed by atoms with Gasteiger partial charge in [0.15, 0.2) is 0 Å². The van der Waals surface area contributed by atoms with Gasteiger partial charge < -0.3 is 5.11 Å². The summed E-state index contributed by atoms with van der Waals surface area (Å²) < 4.78 is 0. The first-order chi connectivity index (χ1) is 3.18. The second-order valence-corrected chi connectivity index (χ2v) is 1.35. The van der Waals surface area contributed by atoms with E-state index in [1.165, 1.54) is 6.08 Å². The van der Waals surface area contributed by atoms with Crippen molar-refractivity contribution in [1.82, 2.24) is 0 Å². The van der Waals surface area contributed by atoms with Gasteiger partial charge in [0.1, 0.15) is 5.03 Å². The minimum atomic E-state index is -1.08. The average Bonchev–Trinajstić information content (AvgIpc) is 1.65. The molecule has 2 nitrogen and oxygen atoms in total. The third kappa shape index (κ3) is 4.53.